The van der Waals surface area contributed by atoms with Gasteiger partial charge in [-0.25, -0.2) is 4.79 Å². The first-order valence-corrected chi connectivity index (χ1v) is 3.12. The topological polar surface area (TPSA) is 57.5 Å². The van der Waals surface area contributed by atoms with Gasteiger partial charge in [0.15, 0.2) is 5.60 Å². The molecular weight excluding hydrogens is 144 g/mol. The van der Waals surface area contributed by atoms with Crippen molar-refractivity contribution in [2.75, 3.05) is 5.88 Å². The van der Waals surface area contributed by atoms with E-state index in [1.807, 2.05) is 0 Å². The van der Waals surface area contributed by atoms with Crippen molar-refractivity contribution in [3.8, 4) is 0 Å². The molecule has 0 aliphatic heterocycles. The molecule has 0 aromatic heterocycles. The molecule has 0 aliphatic rings. The average molecular weight is 153 g/mol. The van der Waals surface area contributed by atoms with Crippen LogP contribution in [0.4, 0.5) is 0 Å². The summed E-state index contributed by atoms with van der Waals surface area (Å²) < 4.78 is 0. The fourth-order valence-corrected chi connectivity index (χ4v) is 0.606. The molecular formula is C5H9ClO3. The highest BCUT2D eigenvalue weighted by molar-refractivity contribution is 6.20. The number of carbonyl (C=O) groups is 1. The summed E-state index contributed by atoms with van der Waals surface area (Å²) in [5.74, 6) is -1.53. The molecule has 0 spiro atoms. The van der Waals surface area contributed by atoms with Crippen LogP contribution in [0.5, 0.6) is 0 Å². The lowest BCUT2D eigenvalue weighted by atomic mass is 10.1. The van der Waals surface area contributed by atoms with E-state index in [1.54, 1.807) is 6.92 Å². The van der Waals surface area contributed by atoms with Crippen molar-refractivity contribution >= 4 is 17.6 Å². The summed E-state index contributed by atoms with van der Waals surface area (Å²) >= 11 is 5.17. The molecule has 0 amide bonds. The van der Waals surface area contributed by atoms with E-state index in [1.165, 1.54) is 0 Å². The van der Waals surface area contributed by atoms with E-state index in [0.717, 1.165) is 0 Å². The summed E-state index contributed by atoms with van der Waals surface area (Å²) in [6.07, 6.45) is 0.131. The van der Waals surface area contributed by atoms with Crippen molar-refractivity contribution in [1.29, 1.82) is 0 Å². The Morgan fingerprint density at radius 2 is 2.22 bits per heavy atom. The van der Waals surface area contributed by atoms with Crippen LogP contribution in [0.1, 0.15) is 13.3 Å². The number of halogens is 1. The second kappa shape index (κ2) is 3.03. The molecule has 0 unspecified atom stereocenters. The number of alkyl halides is 1. The van der Waals surface area contributed by atoms with Crippen LogP contribution < -0.4 is 0 Å². The molecule has 1 atom stereocenters. The molecule has 0 saturated heterocycles. The van der Waals surface area contributed by atoms with Gasteiger partial charge < -0.3 is 10.2 Å². The van der Waals surface area contributed by atoms with Gasteiger partial charge in [0.1, 0.15) is 0 Å². The Bertz CT molecular complexity index is 109. The van der Waals surface area contributed by atoms with Crippen molar-refractivity contribution in [2.24, 2.45) is 0 Å². The summed E-state index contributed by atoms with van der Waals surface area (Å²) in [6.45, 7) is 1.57. The second-order valence-corrected chi connectivity index (χ2v) is 2.09. The molecule has 0 aromatic rings. The Balaban J connectivity index is 4.09. The quantitative estimate of drug-likeness (QED) is 0.578. The van der Waals surface area contributed by atoms with Gasteiger partial charge in [0.05, 0.1) is 5.88 Å². The fourth-order valence-electron chi connectivity index (χ4n) is 0.303. The predicted molar refractivity (Wildman–Crippen MR) is 33.6 cm³/mol. The number of aliphatic hydroxyl groups is 1. The molecule has 9 heavy (non-hydrogen) atoms. The van der Waals surface area contributed by atoms with E-state index in [9.17, 15) is 4.79 Å². The Hall–Kier alpha value is -0.280. The molecule has 0 fully saturated rings. The first-order chi connectivity index (χ1) is 4.06. The van der Waals surface area contributed by atoms with Gasteiger partial charge in [-0.1, -0.05) is 6.92 Å². The van der Waals surface area contributed by atoms with Crippen LogP contribution in [0, 0.1) is 0 Å². The smallest absolute Gasteiger partial charge is 0.336 e. The van der Waals surface area contributed by atoms with Crippen LogP contribution in [0.25, 0.3) is 0 Å². The number of rotatable bonds is 3. The molecule has 0 radical (unpaired) electrons. The third kappa shape index (κ3) is 1.84. The summed E-state index contributed by atoms with van der Waals surface area (Å²) in [6, 6.07) is 0. The molecule has 4 heteroatoms. The van der Waals surface area contributed by atoms with Crippen molar-refractivity contribution in [3.05, 3.63) is 0 Å². The maximum atomic E-state index is 10.1. The first-order valence-electron chi connectivity index (χ1n) is 2.58. The van der Waals surface area contributed by atoms with Crippen molar-refractivity contribution in [2.45, 2.75) is 18.9 Å². The van der Waals surface area contributed by atoms with Crippen LogP contribution in [0.15, 0.2) is 0 Å². The van der Waals surface area contributed by atoms with Crippen LogP contribution in [-0.2, 0) is 4.79 Å². The fraction of sp³-hybridized carbons (Fsp3) is 0.800. The first kappa shape index (κ1) is 8.72. The maximum Gasteiger partial charge on any atom is 0.336 e. The van der Waals surface area contributed by atoms with E-state index in [0.29, 0.717) is 0 Å². The number of carboxylic acids is 1. The van der Waals surface area contributed by atoms with E-state index >= 15 is 0 Å². The van der Waals surface area contributed by atoms with E-state index < -0.39 is 11.6 Å². The Labute approximate surface area is 58.3 Å². The summed E-state index contributed by atoms with van der Waals surface area (Å²) in [7, 11) is 0. The van der Waals surface area contributed by atoms with Gasteiger partial charge in [-0.05, 0) is 6.42 Å². The molecule has 2 N–H and O–H groups in total. The van der Waals surface area contributed by atoms with Crippen molar-refractivity contribution in [3.63, 3.8) is 0 Å². The Morgan fingerprint density at radius 1 is 1.78 bits per heavy atom. The van der Waals surface area contributed by atoms with Gasteiger partial charge in [-0.3, -0.25) is 0 Å². The molecule has 0 bridgehead atoms. The summed E-state index contributed by atoms with van der Waals surface area (Å²) in [5.41, 5.74) is -1.73. The minimum absolute atomic E-state index is 0.131. The normalized spacial score (nSPS) is 16.8. The average Bonchev–Trinajstić information content (AvgIpc) is 1.86. The highest BCUT2D eigenvalue weighted by Gasteiger charge is 2.32. The predicted octanol–water partition coefficient (Wildman–Crippen LogP) is 0.451. The largest absolute Gasteiger partial charge is 0.479 e. The highest BCUT2D eigenvalue weighted by Crippen LogP contribution is 2.11. The van der Waals surface area contributed by atoms with Crippen LogP contribution >= 0.6 is 11.6 Å². The van der Waals surface area contributed by atoms with Gasteiger partial charge in [0, 0.05) is 0 Å². The number of hydrogen-bond donors (Lipinski definition) is 2. The molecule has 0 rings (SSSR count). The van der Waals surface area contributed by atoms with Crippen molar-refractivity contribution in [1.82, 2.24) is 0 Å². The Morgan fingerprint density at radius 3 is 2.22 bits per heavy atom. The SMILES string of the molecule is CC[C@@](O)(CCl)C(=O)O. The minimum atomic E-state index is -1.73. The zero-order valence-electron chi connectivity index (χ0n) is 5.09. The molecule has 0 heterocycles. The van der Waals surface area contributed by atoms with E-state index in [2.05, 4.69) is 0 Å². The molecule has 0 aromatic carbocycles. The van der Waals surface area contributed by atoms with Gasteiger partial charge in [-0.15, -0.1) is 11.6 Å². The van der Waals surface area contributed by atoms with Crippen LogP contribution in [0.2, 0.25) is 0 Å². The maximum absolute atomic E-state index is 10.1. The summed E-state index contributed by atoms with van der Waals surface area (Å²) in [5, 5.41) is 17.3. The molecule has 0 aliphatic carbocycles. The third-order valence-corrected chi connectivity index (χ3v) is 1.65. The second-order valence-electron chi connectivity index (χ2n) is 1.82. The molecule has 0 saturated carbocycles. The highest BCUT2D eigenvalue weighted by atomic mass is 35.5. The van der Waals surface area contributed by atoms with E-state index in [4.69, 9.17) is 21.8 Å². The summed E-state index contributed by atoms with van der Waals surface area (Å²) in [4.78, 5) is 10.1. The Kier molecular flexibility index (Phi) is 2.94. The van der Waals surface area contributed by atoms with Gasteiger partial charge in [-0.2, -0.15) is 0 Å². The minimum Gasteiger partial charge on any atom is -0.479 e. The molecule has 3 nitrogen and oxygen atoms in total. The zero-order chi connectivity index (χ0) is 7.49. The standard InChI is InChI=1S/C5H9ClO3/c1-2-5(9,3-6)4(7)8/h9H,2-3H2,1H3,(H,7,8)/t5-/m1/s1. The lowest BCUT2D eigenvalue weighted by Crippen LogP contribution is -2.39. The number of hydrogen-bond acceptors (Lipinski definition) is 2. The number of carboxylic acid groups (broad SMARTS) is 1. The van der Waals surface area contributed by atoms with E-state index in [-0.39, 0.29) is 12.3 Å². The zero-order valence-corrected chi connectivity index (χ0v) is 5.85. The molecule has 54 valence electrons. The monoisotopic (exact) mass is 152 g/mol. The van der Waals surface area contributed by atoms with Crippen molar-refractivity contribution < 1.29 is 15.0 Å². The van der Waals surface area contributed by atoms with Gasteiger partial charge in [0.25, 0.3) is 0 Å². The van der Waals surface area contributed by atoms with Crippen LogP contribution in [-0.4, -0.2) is 27.7 Å². The van der Waals surface area contributed by atoms with Crippen LogP contribution in [0.3, 0.4) is 0 Å². The van der Waals surface area contributed by atoms with Gasteiger partial charge >= 0.3 is 5.97 Å². The third-order valence-electron chi connectivity index (χ3n) is 1.20. The van der Waals surface area contributed by atoms with Gasteiger partial charge in [0.2, 0.25) is 0 Å². The lowest BCUT2D eigenvalue weighted by molar-refractivity contribution is -0.156. The lowest BCUT2D eigenvalue weighted by Gasteiger charge is -2.16. The number of aliphatic carboxylic acids is 1.